The fourth-order valence-corrected chi connectivity index (χ4v) is 4.79. The van der Waals surface area contributed by atoms with Crippen LogP contribution in [-0.2, 0) is 14.8 Å². The number of hydrogen-bond acceptors (Lipinski definition) is 7. The van der Waals surface area contributed by atoms with Gasteiger partial charge in [0.2, 0.25) is 10.0 Å². The predicted molar refractivity (Wildman–Crippen MR) is 113 cm³/mol. The topological polar surface area (TPSA) is 154 Å². The zero-order valence-electron chi connectivity index (χ0n) is 16.4. The van der Waals surface area contributed by atoms with Crippen molar-refractivity contribution in [3.63, 3.8) is 0 Å². The molecule has 2 aromatic rings. The van der Waals surface area contributed by atoms with Gasteiger partial charge in [-0.15, -0.1) is 0 Å². The summed E-state index contributed by atoms with van der Waals surface area (Å²) in [5.41, 5.74) is 0.0631. The van der Waals surface area contributed by atoms with Gasteiger partial charge in [0.1, 0.15) is 6.07 Å². The van der Waals surface area contributed by atoms with Gasteiger partial charge in [0.25, 0.3) is 5.69 Å². The molecule has 0 bridgehead atoms. The van der Waals surface area contributed by atoms with Gasteiger partial charge >= 0.3 is 5.97 Å². The second-order valence-electron chi connectivity index (χ2n) is 6.43. The number of anilines is 1. The SMILES string of the molecule is CCN(C[C@H](CC(=O)O)Nc1ccc(C#N)c(Cl)c1)S(=O)(=O)c1ccccc1[N+](=O)[O-]. The smallest absolute Gasteiger partial charge is 0.305 e. The summed E-state index contributed by atoms with van der Waals surface area (Å²) in [7, 11) is -4.28. The second-order valence-corrected chi connectivity index (χ2v) is 8.74. The number of hydrogen-bond donors (Lipinski definition) is 2. The summed E-state index contributed by atoms with van der Waals surface area (Å²) in [5.74, 6) is -1.17. The number of halogens is 1. The molecular weight excluding hydrogens is 448 g/mol. The Bertz CT molecular complexity index is 1130. The minimum Gasteiger partial charge on any atom is -0.481 e. The molecule has 2 rings (SSSR count). The first-order valence-corrected chi connectivity index (χ1v) is 10.8. The Morgan fingerprint density at radius 1 is 1.35 bits per heavy atom. The third-order valence-corrected chi connectivity index (χ3v) is 6.64. The molecule has 0 aliphatic rings. The summed E-state index contributed by atoms with van der Waals surface area (Å²) in [6.45, 7) is 1.23. The van der Waals surface area contributed by atoms with Crippen molar-refractivity contribution in [3.05, 3.63) is 63.2 Å². The summed E-state index contributed by atoms with van der Waals surface area (Å²) in [6, 6.07) is 10.4. The molecule has 10 nitrogen and oxygen atoms in total. The maximum absolute atomic E-state index is 13.1. The van der Waals surface area contributed by atoms with E-state index in [0.29, 0.717) is 5.69 Å². The van der Waals surface area contributed by atoms with E-state index in [1.54, 1.807) is 6.92 Å². The number of benzene rings is 2. The maximum Gasteiger partial charge on any atom is 0.305 e. The van der Waals surface area contributed by atoms with Gasteiger partial charge in [-0.2, -0.15) is 9.57 Å². The molecule has 0 amide bonds. The molecule has 1 atom stereocenters. The van der Waals surface area contributed by atoms with Gasteiger partial charge in [0.05, 0.1) is 28.0 Å². The molecule has 12 heteroatoms. The van der Waals surface area contributed by atoms with Crippen molar-refractivity contribution >= 4 is 39.0 Å². The van der Waals surface area contributed by atoms with Gasteiger partial charge in [-0.1, -0.05) is 30.7 Å². The molecule has 0 saturated heterocycles. The Kier molecular flexibility index (Phi) is 7.93. The zero-order chi connectivity index (χ0) is 23.2. The predicted octanol–water partition coefficient (Wildman–Crippen LogP) is 3.09. The Morgan fingerprint density at radius 3 is 2.58 bits per heavy atom. The number of sulfonamides is 1. The number of nitriles is 1. The highest BCUT2D eigenvalue weighted by Crippen LogP contribution is 2.27. The summed E-state index contributed by atoms with van der Waals surface area (Å²) in [4.78, 5) is 21.3. The lowest BCUT2D eigenvalue weighted by atomic mass is 10.1. The fraction of sp³-hybridized carbons (Fsp3) is 0.263. The molecule has 0 fully saturated rings. The number of carboxylic acid groups (broad SMARTS) is 1. The number of likely N-dealkylation sites (N-methyl/N-ethyl adjacent to an activating group) is 1. The third kappa shape index (κ3) is 5.91. The van der Waals surface area contributed by atoms with Gasteiger partial charge in [-0.3, -0.25) is 14.9 Å². The number of para-hydroxylation sites is 1. The van der Waals surface area contributed by atoms with Crippen molar-refractivity contribution in [1.29, 1.82) is 5.26 Å². The van der Waals surface area contributed by atoms with Crippen LogP contribution in [0.3, 0.4) is 0 Å². The highest BCUT2D eigenvalue weighted by Gasteiger charge is 2.32. The van der Waals surface area contributed by atoms with Crippen molar-refractivity contribution < 1.29 is 23.2 Å². The number of nitro benzene ring substituents is 1. The number of nitrogens with zero attached hydrogens (tertiary/aromatic N) is 3. The van der Waals surface area contributed by atoms with Crippen LogP contribution in [0.5, 0.6) is 0 Å². The standard InChI is InChI=1S/C19H19ClN4O6S/c1-2-23(31(29,30)18-6-4-3-5-17(18)24(27)28)12-15(10-19(25)26)22-14-8-7-13(11-21)16(20)9-14/h3-9,15,22H,2,10,12H2,1H3,(H,25,26)/t15-/m0/s1. The fourth-order valence-electron chi connectivity index (χ4n) is 2.91. The van der Waals surface area contributed by atoms with Gasteiger partial charge in [0, 0.05) is 24.8 Å². The molecular formula is C19H19ClN4O6S. The van der Waals surface area contributed by atoms with Crippen LogP contribution >= 0.6 is 11.6 Å². The average Bonchev–Trinajstić information content (AvgIpc) is 2.71. The molecule has 0 aliphatic heterocycles. The molecule has 0 spiro atoms. The van der Waals surface area contributed by atoms with Crippen LogP contribution in [0.2, 0.25) is 5.02 Å². The quantitative estimate of drug-likeness (QED) is 0.400. The van der Waals surface area contributed by atoms with Crippen molar-refractivity contribution in [2.45, 2.75) is 24.3 Å². The third-order valence-electron chi connectivity index (χ3n) is 4.34. The van der Waals surface area contributed by atoms with Gasteiger partial charge in [0.15, 0.2) is 4.90 Å². The zero-order valence-corrected chi connectivity index (χ0v) is 17.9. The van der Waals surface area contributed by atoms with Gasteiger partial charge in [-0.25, -0.2) is 8.42 Å². The van der Waals surface area contributed by atoms with E-state index in [2.05, 4.69) is 5.32 Å². The van der Waals surface area contributed by atoms with Crippen LogP contribution in [-0.4, -0.2) is 47.9 Å². The monoisotopic (exact) mass is 466 g/mol. The molecule has 2 aromatic carbocycles. The first kappa shape index (κ1) is 24.1. The summed E-state index contributed by atoms with van der Waals surface area (Å²) >= 11 is 6.00. The molecule has 2 N–H and O–H groups in total. The van der Waals surface area contributed by atoms with Gasteiger partial charge in [-0.05, 0) is 24.3 Å². The summed E-state index contributed by atoms with van der Waals surface area (Å²) in [5, 5.41) is 32.6. The van der Waals surface area contributed by atoms with Gasteiger partial charge < -0.3 is 10.4 Å². The highest BCUT2D eigenvalue weighted by molar-refractivity contribution is 7.89. The van der Waals surface area contributed by atoms with Crippen molar-refractivity contribution in [2.75, 3.05) is 18.4 Å². The first-order chi connectivity index (χ1) is 14.6. The van der Waals surface area contributed by atoms with Crippen LogP contribution in [0.4, 0.5) is 11.4 Å². The van der Waals surface area contributed by atoms with Crippen LogP contribution in [0.1, 0.15) is 18.9 Å². The van der Waals surface area contributed by atoms with E-state index in [9.17, 15) is 28.4 Å². The normalized spacial score (nSPS) is 12.2. The molecule has 0 unspecified atom stereocenters. The Hall–Kier alpha value is -3.20. The second kappa shape index (κ2) is 10.2. The molecule has 31 heavy (non-hydrogen) atoms. The van der Waals surface area contributed by atoms with Crippen molar-refractivity contribution in [3.8, 4) is 6.07 Å². The van der Waals surface area contributed by atoms with Crippen LogP contribution in [0.25, 0.3) is 0 Å². The largest absolute Gasteiger partial charge is 0.481 e. The van der Waals surface area contributed by atoms with Crippen molar-refractivity contribution in [2.24, 2.45) is 0 Å². The summed E-state index contributed by atoms with van der Waals surface area (Å²) in [6.07, 6.45) is -0.430. The van der Waals surface area contributed by atoms with E-state index in [-0.39, 0.29) is 23.7 Å². The minimum atomic E-state index is -4.28. The van der Waals surface area contributed by atoms with E-state index < -0.39 is 44.0 Å². The lowest BCUT2D eigenvalue weighted by Crippen LogP contribution is -2.41. The highest BCUT2D eigenvalue weighted by atomic mass is 35.5. The van der Waals surface area contributed by atoms with E-state index in [1.807, 2.05) is 6.07 Å². The first-order valence-electron chi connectivity index (χ1n) is 9.01. The molecule has 0 aromatic heterocycles. The number of nitrogens with one attached hydrogen (secondary N) is 1. The van der Waals surface area contributed by atoms with Crippen LogP contribution in [0.15, 0.2) is 47.4 Å². The minimum absolute atomic E-state index is 0.0414. The van der Waals surface area contributed by atoms with Crippen molar-refractivity contribution in [1.82, 2.24) is 4.31 Å². The number of nitro groups is 1. The summed E-state index contributed by atoms with van der Waals surface area (Å²) < 4.78 is 27.2. The Morgan fingerprint density at radius 2 is 2.03 bits per heavy atom. The maximum atomic E-state index is 13.1. The van der Waals surface area contributed by atoms with Crippen LogP contribution in [0, 0.1) is 21.4 Å². The molecule has 0 aliphatic carbocycles. The molecule has 0 heterocycles. The Balaban J connectivity index is 2.36. The lowest BCUT2D eigenvalue weighted by molar-refractivity contribution is -0.387. The average molecular weight is 467 g/mol. The molecule has 164 valence electrons. The van der Waals surface area contributed by atoms with E-state index in [4.69, 9.17) is 16.9 Å². The van der Waals surface area contributed by atoms with E-state index in [1.165, 1.54) is 30.3 Å². The van der Waals surface area contributed by atoms with E-state index in [0.717, 1.165) is 16.4 Å². The molecule has 0 saturated carbocycles. The van der Waals surface area contributed by atoms with E-state index >= 15 is 0 Å². The van der Waals surface area contributed by atoms with Crippen LogP contribution < -0.4 is 5.32 Å². The molecule has 0 radical (unpaired) electrons. The number of carboxylic acids is 1. The Labute approximate surface area is 183 Å². The number of rotatable bonds is 10. The number of carbonyl (C=O) groups is 1. The lowest BCUT2D eigenvalue weighted by Gasteiger charge is -2.26. The number of aliphatic carboxylic acids is 1.